The molecule has 0 bridgehead atoms. The first-order valence-electron chi connectivity index (χ1n) is 5.78. The third kappa shape index (κ3) is 3.79. The van der Waals surface area contributed by atoms with Gasteiger partial charge < -0.3 is 5.32 Å². The Labute approximate surface area is 120 Å². The lowest BCUT2D eigenvalue weighted by atomic mass is 10.2. The molecule has 0 saturated carbocycles. The van der Waals surface area contributed by atoms with Crippen molar-refractivity contribution in [2.75, 3.05) is 5.32 Å². The summed E-state index contributed by atoms with van der Waals surface area (Å²) in [6.07, 6.45) is 6.77. The zero-order valence-corrected chi connectivity index (χ0v) is 12.3. The smallest absolute Gasteiger partial charge is 0.248 e. The molecule has 2 rings (SSSR count). The van der Waals surface area contributed by atoms with Crippen LogP contribution in [0.15, 0.2) is 41.1 Å². The molecule has 0 aliphatic carbocycles. The second kappa shape index (κ2) is 5.84. The van der Waals surface area contributed by atoms with Crippen molar-refractivity contribution in [3.8, 4) is 0 Å². The van der Waals surface area contributed by atoms with Gasteiger partial charge in [-0.15, -0.1) is 0 Å². The molecule has 4 nitrogen and oxygen atoms in total. The van der Waals surface area contributed by atoms with Crippen molar-refractivity contribution in [3.05, 3.63) is 52.3 Å². The first-order chi connectivity index (χ1) is 9.04. The first-order valence-corrected chi connectivity index (χ1v) is 6.58. The van der Waals surface area contributed by atoms with Crippen LogP contribution in [0.3, 0.4) is 0 Å². The van der Waals surface area contributed by atoms with Crippen molar-refractivity contribution in [1.82, 2.24) is 9.78 Å². The Balaban J connectivity index is 2.01. The van der Waals surface area contributed by atoms with Crippen LogP contribution >= 0.6 is 15.9 Å². The molecule has 0 aliphatic rings. The number of anilines is 1. The lowest BCUT2D eigenvalue weighted by molar-refractivity contribution is -0.111. The standard InChI is InChI=1S/C14H14BrN3O/c1-10-7-12(4-5-13(10)15)17-14(19)6-3-11-8-16-18(2)9-11/h3-9H,1-2H3,(H,17,19). The maximum atomic E-state index is 11.8. The molecule has 0 fully saturated rings. The molecule has 1 amide bonds. The van der Waals surface area contributed by atoms with Crippen molar-refractivity contribution in [1.29, 1.82) is 0 Å². The average molecular weight is 320 g/mol. The maximum Gasteiger partial charge on any atom is 0.248 e. The van der Waals surface area contributed by atoms with Gasteiger partial charge in [-0.25, -0.2) is 0 Å². The number of carbonyl (C=O) groups excluding carboxylic acids is 1. The van der Waals surface area contributed by atoms with E-state index in [1.807, 2.05) is 38.4 Å². The van der Waals surface area contributed by atoms with E-state index in [0.717, 1.165) is 21.3 Å². The van der Waals surface area contributed by atoms with E-state index in [2.05, 4.69) is 26.3 Å². The summed E-state index contributed by atoms with van der Waals surface area (Å²) >= 11 is 3.42. The van der Waals surface area contributed by atoms with Crippen LogP contribution in [0.2, 0.25) is 0 Å². The molecule has 98 valence electrons. The summed E-state index contributed by atoms with van der Waals surface area (Å²) < 4.78 is 2.71. The summed E-state index contributed by atoms with van der Waals surface area (Å²) in [6, 6.07) is 5.68. The van der Waals surface area contributed by atoms with Gasteiger partial charge in [0.25, 0.3) is 0 Å². The fraction of sp³-hybridized carbons (Fsp3) is 0.143. The second-order valence-electron chi connectivity index (χ2n) is 4.23. The Morgan fingerprint density at radius 1 is 1.47 bits per heavy atom. The summed E-state index contributed by atoms with van der Waals surface area (Å²) in [5.74, 6) is -0.162. The average Bonchev–Trinajstić information content (AvgIpc) is 2.77. The first kappa shape index (κ1) is 13.5. The molecule has 0 unspecified atom stereocenters. The van der Waals surface area contributed by atoms with Crippen LogP contribution in [0.4, 0.5) is 5.69 Å². The number of benzene rings is 1. The molecule has 19 heavy (non-hydrogen) atoms. The number of nitrogens with one attached hydrogen (secondary N) is 1. The summed E-state index contributed by atoms with van der Waals surface area (Å²) in [7, 11) is 1.84. The Morgan fingerprint density at radius 3 is 2.89 bits per heavy atom. The van der Waals surface area contributed by atoms with Crippen LogP contribution in [-0.4, -0.2) is 15.7 Å². The zero-order chi connectivity index (χ0) is 13.8. The third-order valence-electron chi connectivity index (χ3n) is 2.58. The quantitative estimate of drug-likeness (QED) is 0.883. The predicted molar refractivity (Wildman–Crippen MR) is 79.8 cm³/mol. The molecule has 1 aromatic carbocycles. The van der Waals surface area contributed by atoms with E-state index >= 15 is 0 Å². The predicted octanol–water partition coefficient (Wildman–Crippen LogP) is 3.14. The van der Waals surface area contributed by atoms with E-state index in [1.54, 1.807) is 17.0 Å². The number of amides is 1. The van der Waals surface area contributed by atoms with Gasteiger partial charge in [0, 0.05) is 35.0 Å². The van der Waals surface area contributed by atoms with E-state index in [-0.39, 0.29) is 5.91 Å². The highest BCUT2D eigenvalue weighted by molar-refractivity contribution is 9.10. The maximum absolute atomic E-state index is 11.8. The van der Waals surface area contributed by atoms with Crippen molar-refractivity contribution < 1.29 is 4.79 Å². The number of aryl methyl sites for hydroxylation is 2. The van der Waals surface area contributed by atoms with Crippen molar-refractivity contribution in [2.45, 2.75) is 6.92 Å². The number of hydrogen-bond donors (Lipinski definition) is 1. The molecule has 1 heterocycles. The highest BCUT2D eigenvalue weighted by Crippen LogP contribution is 2.19. The van der Waals surface area contributed by atoms with Crippen molar-refractivity contribution >= 4 is 33.6 Å². The van der Waals surface area contributed by atoms with Gasteiger partial charge in [-0.3, -0.25) is 9.48 Å². The minimum atomic E-state index is -0.162. The third-order valence-corrected chi connectivity index (χ3v) is 3.47. The van der Waals surface area contributed by atoms with Gasteiger partial charge in [0.1, 0.15) is 0 Å². The number of carbonyl (C=O) groups is 1. The second-order valence-corrected chi connectivity index (χ2v) is 5.09. The number of aromatic nitrogens is 2. The molecule has 0 atom stereocenters. The van der Waals surface area contributed by atoms with Gasteiger partial charge >= 0.3 is 0 Å². The highest BCUT2D eigenvalue weighted by Gasteiger charge is 2.00. The Morgan fingerprint density at radius 2 is 2.26 bits per heavy atom. The molecule has 0 spiro atoms. The topological polar surface area (TPSA) is 46.9 Å². The fourth-order valence-corrected chi connectivity index (χ4v) is 1.85. The van der Waals surface area contributed by atoms with Crippen LogP contribution in [-0.2, 0) is 11.8 Å². The van der Waals surface area contributed by atoms with E-state index in [4.69, 9.17) is 0 Å². The molecule has 0 radical (unpaired) electrons. The SMILES string of the molecule is Cc1cc(NC(=O)C=Cc2cnn(C)c2)ccc1Br. The number of nitrogens with zero attached hydrogens (tertiary/aromatic N) is 2. The normalized spacial score (nSPS) is 10.9. The van der Waals surface area contributed by atoms with E-state index < -0.39 is 0 Å². The summed E-state index contributed by atoms with van der Waals surface area (Å²) in [5.41, 5.74) is 2.75. The Kier molecular flexibility index (Phi) is 4.16. The van der Waals surface area contributed by atoms with Gasteiger partial charge in [0.05, 0.1) is 6.20 Å². The molecular formula is C14H14BrN3O. The van der Waals surface area contributed by atoms with Gasteiger partial charge in [-0.05, 0) is 36.8 Å². The van der Waals surface area contributed by atoms with Gasteiger partial charge in [0.2, 0.25) is 5.91 Å². The van der Waals surface area contributed by atoms with E-state index in [0.29, 0.717) is 0 Å². The lowest BCUT2D eigenvalue weighted by Crippen LogP contribution is -2.07. The summed E-state index contributed by atoms with van der Waals surface area (Å²) in [4.78, 5) is 11.8. The van der Waals surface area contributed by atoms with Gasteiger partial charge in [-0.2, -0.15) is 5.10 Å². The summed E-state index contributed by atoms with van der Waals surface area (Å²) in [5, 5.41) is 6.84. The molecular weight excluding hydrogens is 306 g/mol. The van der Waals surface area contributed by atoms with E-state index in [9.17, 15) is 4.79 Å². The van der Waals surface area contributed by atoms with Gasteiger partial charge in [0.15, 0.2) is 0 Å². The highest BCUT2D eigenvalue weighted by atomic mass is 79.9. The number of rotatable bonds is 3. The van der Waals surface area contributed by atoms with Crippen LogP contribution < -0.4 is 5.32 Å². The minimum absolute atomic E-state index is 0.162. The Bertz CT molecular complexity index is 631. The fourth-order valence-electron chi connectivity index (χ4n) is 1.60. The molecule has 5 heteroatoms. The van der Waals surface area contributed by atoms with Crippen LogP contribution in [0.5, 0.6) is 0 Å². The van der Waals surface area contributed by atoms with E-state index in [1.165, 1.54) is 6.08 Å². The molecule has 0 aliphatic heterocycles. The number of halogens is 1. The summed E-state index contributed by atoms with van der Waals surface area (Å²) in [6.45, 7) is 1.98. The zero-order valence-electron chi connectivity index (χ0n) is 10.7. The molecule has 2 aromatic rings. The largest absolute Gasteiger partial charge is 0.323 e. The molecule has 0 saturated heterocycles. The van der Waals surface area contributed by atoms with Gasteiger partial charge in [-0.1, -0.05) is 15.9 Å². The van der Waals surface area contributed by atoms with Crippen molar-refractivity contribution in [3.63, 3.8) is 0 Å². The van der Waals surface area contributed by atoms with Crippen LogP contribution in [0.25, 0.3) is 6.08 Å². The molecule has 1 N–H and O–H groups in total. The van der Waals surface area contributed by atoms with Crippen LogP contribution in [0, 0.1) is 6.92 Å². The Hall–Kier alpha value is -1.88. The lowest BCUT2D eigenvalue weighted by Gasteiger charge is -2.04. The minimum Gasteiger partial charge on any atom is -0.323 e. The monoisotopic (exact) mass is 319 g/mol. The van der Waals surface area contributed by atoms with Crippen LogP contribution in [0.1, 0.15) is 11.1 Å². The van der Waals surface area contributed by atoms with Crippen molar-refractivity contribution in [2.24, 2.45) is 7.05 Å². The number of hydrogen-bond acceptors (Lipinski definition) is 2. The molecule has 1 aromatic heterocycles.